The average Bonchev–Trinajstić information content (AvgIpc) is 2.40. The highest BCUT2D eigenvalue weighted by Gasteiger charge is 2.07. The van der Waals surface area contributed by atoms with Crippen molar-refractivity contribution in [1.82, 2.24) is 14.1 Å². The van der Waals surface area contributed by atoms with E-state index in [9.17, 15) is 9.59 Å². The maximum Gasteiger partial charge on any atom is 0.330 e. The summed E-state index contributed by atoms with van der Waals surface area (Å²) in [7, 11) is 3.10. The zero-order valence-electron chi connectivity index (χ0n) is 11.2. The second-order valence-electron chi connectivity index (χ2n) is 4.46. The number of pyridine rings is 1. The molecule has 0 aliphatic heterocycles. The van der Waals surface area contributed by atoms with Crippen LogP contribution in [-0.2, 0) is 20.6 Å². The molecule has 0 aromatic carbocycles. The van der Waals surface area contributed by atoms with E-state index in [1.807, 2.05) is 13.0 Å². The molecule has 2 rings (SSSR count). The maximum absolute atomic E-state index is 11.9. The Morgan fingerprint density at radius 1 is 1.32 bits per heavy atom. The molecule has 0 aliphatic rings. The van der Waals surface area contributed by atoms with Crippen molar-refractivity contribution in [2.24, 2.45) is 14.1 Å². The fourth-order valence-corrected chi connectivity index (χ4v) is 1.84. The molecule has 0 aliphatic carbocycles. The summed E-state index contributed by atoms with van der Waals surface area (Å²) in [4.78, 5) is 27.5. The molecule has 2 aromatic rings. The van der Waals surface area contributed by atoms with Gasteiger partial charge in [0, 0.05) is 33.0 Å². The highest BCUT2D eigenvalue weighted by molar-refractivity contribution is 5.48. The molecular formula is C13H16N4O2. The monoisotopic (exact) mass is 260 g/mol. The highest BCUT2D eigenvalue weighted by atomic mass is 16.2. The molecule has 0 spiro atoms. The predicted molar refractivity (Wildman–Crippen MR) is 73.2 cm³/mol. The molecule has 0 bridgehead atoms. The van der Waals surface area contributed by atoms with Crippen molar-refractivity contribution in [3.63, 3.8) is 0 Å². The predicted octanol–water partition coefficient (Wildman–Crippen LogP) is 0.400. The van der Waals surface area contributed by atoms with E-state index in [1.165, 1.54) is 11.6 Å². The number of hydrogen-bond acceptors (Lipinski definition) is 4. The molecule has 0 radical (unpaired) electrons. The van der Waals surface area contributed by atoms with Gasteiger partial charge in [0.2, 0.25) is 0 Å². The Bertz CT molecular complexity index is 715. The van der Waals surface area contributed by atoms with Gasteiger partial charge in [-0.1, -0.05) is 0 Å². The highest BCUT2D eigenvalue weighted by Crippen LogP contribution is 2.11. The first-order valence-corrected chi connectivity index (χ1v) is 5.90. The molecule has 0 amide bonds. The van der Waals surface area contributed by atoms with Gasteiger partial charge in [0.15, 0.2) is 0 Å². The van der Waals surface area contributed by atoms with Crippen LogP contribution in [0.3, 0.4) is 0 Å². The van der Waals surface area contributed by atoms with Gasteiger partial charge < -0.3 is 9.88 Å². The van der Waals surface area contributed by atoms with Crippen molar-refractivity contribution < 1.29 is 0 Å². The van der Waals surface area contributed by atoms with E-state index in [2.05, 4.69) is 10.3 Å². The standard InChI is InChI=1S/C13H16N4O2/c1-9-4-5-14-7-11(9)15-6-10-8-16(2)13(19)17(3)12(10)18/h4-5,7-8,15H,6H2,1-3H3. The Kier molecular flexibility index (Phi) is 3.50. The van der Waals surface area contributed by atoms with Crippen molar-refractivity contribution in [1.29, 1.82) is 0 Å². The van der Waals surface area contributed by atoms with Gasteiger partial charge in [0.05, 0.1) is 17.4 Å². The number of nitrogens with zero attached hydrogens (tertiary/aromatic N) is 3. The maximum atomic E-state index is 11.9. The van der Waals surface area contributed by atoms with Crippen LogP contribution in [0.15, 0.2) is 34.2 Å². The smallest absolute Gasteiger partial charge is 0.330 e. The molecule has 0 fully saturated rings. The molecule has 0 saturated carbocycles. The summed E-state index contributed by atoms with van der Waals surface area (Å²) in [6.45, 7) is 2.32. The summed E-state index contributed by atoms with van der Waals surface area (Å²) >= 11 is 0. The van der Waals surface area contributed by atoms with Gasteiger partial charge in [0.1, 0.15) is 0 Å². The Hall–Kier alpha value is -2.37. The molecule has 2 heterocycles. The number of aromatic nitrogens is 3. The topological polar surface area (TPSA) is 68.9 Å². The molecule has 6 heteroatoms. The Morgan fingerprint density at radius 2 is 2.05 bits per heavy atom. The van der Waals surface area contributed by atoms with E-state index in [4.69, 9.17) is 0 Å². The summed E-state index contributed by atoms with van der Waals surface area (Å²) in [6, 6.07) is 1.89. The number of rotatable bonds is 3. The minimum Gasteiger partial charge on any atom is -0.379 e. The lowest BCUT2D eigenvalue weighted by molar-refractivity contribution is 0.671. The van der Waals surface area contributed by atoms with Crippen LogP contribution < -0.4 is 16.6 Å². The normalized spacial score (nSPS) is 10.5. The van der Waals surface area contributed by atoms with Crippen molar-refractivity contribution in [2.75, 3.05) is 5.32 Å². The molecule has 0 atom stereocenters. The summed E-state index contributed by atoms with van der Waals surface area (Å²) in [5, 5.41) is 3.15. The zero-order valence-corrected chi connectivity index (χ0v) is 11.2. The van der Waals surface area contributed by atoms with Gasteiger partial charge in [-0.2, -0.15) is 0 Å². The lowest BCUT2D eigenvalue weighted by atomic mass is 10.2. The Labute approximate surface area is 110 Å². The molecular weight excluding hydrogens is 244 g/mol. The quantitative estimate of drug-likeness (QED) is 0.867. The Morgan fingerprint density at radius 3 is 2.74 bits per heavy atom. The number of aryl methyl sites for hydroxylation is 2. The van der Waals surface area contributed by atoms with Crippen LogP contribution in [-0.4, -0.2) is 14.1 Å². The van der Waals surface area contributed by atoms with Crippen LogP contribution in [0.4, 0.5) is 5.69 Å². The molecule has 2 aromatic heterocycles. The van der Waals surface area contributed by atoms with Gasteiger partial charge in [-0.15, -0.1) is 0 Å². The van der Waals surface area contributed by atoms with E-state index in [0.717, 1.165) is 15.8 Å². The first kappa shape index (κ1) is 13.1. The van der Waals surface area contributed by atoms with Crippen molar-refractivity contribution in [2.45, 2.75) is 13.5 Å². The molecule has 6 nitrogen and oxygen atoms in total. The third-order valence-electron chi connectivity index (χ3n) is 3.03. The second kappa shape index (κ2) is 5.09. The number of hydrogen-bond donors (Lipinski definition) is 1. The minimum atomic E-state index is -0.327. The third-order valence-corrected chi connectivity index (χ3v) is 3.03. The first-order chi connectivity index (χ1) is 9.00. The minimum absolute atomic E-state index is 0.280. The van der Waals surface area contributed by atoms with Gasteiger partial charge in [-0.25, -0.2) is 4.79 Å². The molecule has 1 N–H and O–H groups in total. The number of nitrogens with one attached hydrogen (secondary N) is 1. The van der Waals surface area contributed by atoms with E-state index < -0.39 is 0 Å². The Balaban J connectivity index is 2.29. The van der Waals surface area contributed by atoms with Gasteiger partial charge in [-0.05, 0) is 18.6 Å². The van der Waals surface area contributed by atoms with Crippen LogP contribution in [0.5, 0.6) is 0 Å². The lowest BCUT2D eigenvalue weighted by Gasteiger charge is -2.10. The second-order valence-corrected chi connectivity index (χ2v) is 4.46. The lowest BCUT2D eigenvalue weighted by Crippen LogP contribution is -2.38. The summed E-state index contributed by atoms with van der Waals surface area (Å²) in [5.74, 6) is 0. The summed E-state index contributed by atoms with van der Waals surface area (Å²) < 4.78 is 2.50. The van der Waals surface area contributed by atoms with Gasteiger partial charge in [0.25, 0.3) is 5.56 Å². The molecule has 19 heavy (non-hydrogen) atoms. The first-order valence-electron chi connectivity index (χ1n) is 5.90. The van der Waals surface area contributed by atoms with Crippen LogP contribution >= 0.6 is 0 Å². The third kappa shape index (κ3) is 2.57. The van der Waals surface area contributed by atoms with Crippen LogP contribution in [0.2, 0.25) is 0 Å². The molecule has 100 valence electrons. The van der Waals surface area contributed by atoms with E-state index in [0.29, 0.717) is 12.1 Å². The average molecular weight is 260 g/mol. The van der Waals surface area contributed by atoms with Crippen molar-refractivity contribution in [3.05, 3.63) is 56.6 Å². The fraction of sp³-hybridized carbons (Fsp3) is 0.308. The zero-order chi connectivity index (χ0) is 14.0. The number of anilines is 1. The SMILES string of the molecule is Cc1ccncc1NCc1cn(C)c(=O)n(C)c1=O. The van der Waals surface area contributed by atoms with Crippen LogP contribution in [0.1, 0.15) is 11.1 Å². The van der Waals surface area contributed by atoms with E-state index in [1.54, 1.807) is 25.6 Å². The van der Waals surface area contributed by atoms with Gasteiger partial charge in [-0.3, -0.25) is 14.3 Å². The van der Waals surface area contributed by atoms with Crippen molar-refractivity contribution in [3.8, 4) is 0 Å². The summed E-state index contributed by atoms with van der Waals surface area (Å²) in [6.07, 6.45) is 4.98. The van der Waals surface area contributed by atoms with E-state index in [-0.39, 0.29) is 11.2 Å². The molecule has 0 unspecified atom stereocenters. The van der Waals surface area contributed by atoms with E-state index >= 15 is 0 Å². The van der Waals surface area contributed by atoms with Crippen LogP contribution in [0, 0.1) is 6.92 Å². The molecule has 0 saturated heterocycles. The van der Waals surface area contributed by atoms with Gasteiger partial charge >= 0.3 is 5.69 Å². The largest absolute Gasteiger partial charge is 0.379 e. The van der Waals surface area contributed by atoms with Crippen LogP contribution in [0.25, 0.3) is 0 Å². The fourth-order valence-electron chi connectivity index (χ4n) is 1.84. The summed E-state index contributed by atoms with van der Waals surface area (Å²) in [5.41, 5.74) is 1.85. The van der Waals surface area contributed by atoms with Crippen molar-refractivity contribution >= 4 is 5.69 Å².